The number of hydrogen-bond acceptors (Lipinski definition) is 3. The average molecular weight is 275 g/mol. The van der Waals surface area contributed by atoms with Crippen LogP contribution in [0.1, 0.15) is 24.8 Å². The van der Waals surface area contributed by atoms with Crippen molar-refractivity contribution < 1.29 is 15.0 Å². The number of benzene rings is 1. The van der Waals surface area contributed by atoms with Crippen molar-refractivity contribution >= 4 is 5.91 Å². The molecule has 2 fully saturated rings. The zero-order chi connectivity index (χ0) is 14.1. The second-order valence-corrected chi connectivity index (χ2v) is 6.05. The smallest absolute Gasteiger partial charge is 0.222 e. The summed E-state index contributed by atoms with van der Waals surface area (Å²) in [5, 5.41) is 19.2. The lowest BCUT2D eigenvalue weighted by Crippen LogP contribution is -2.47. The number of hydrogen-bond donors (Lipinski definition) is 2. The Morgan fingerprint density at radius 3 is 2.35 bits per heavy atom. The average Bonchev–Trinajstić information content (AvgIpc) is 2.67. The fourth-order valence-electron chi connectivity index (χ4n) is 3.47. The van der Waals surface area contributed by atoms with Crippen molar-refractivity contribution in [1.82, 2.24) is 4.90 Å². The van der Waals surface area contributed by atoms with Crippen LogP contribution in [-0.4, -0.2) is 40.2 Å². The Bertz CT molecular complexity index is 471. The van der Waals surface area contributed by atoms with Crippen LogP contribution < -0.4 is 0 Å². The number of aliphatic hydroxyl groups excluding tert-OH is 1. The summed E-state index contributed by atoms with van der Waals surface area (Å²) in [5.74, 6) is 1.00. The molecule has 2 N–H and O–H groups in total. The molecule has 108 valence electrons. The number of piperidine rings is 1. The summed E-state index contributed by atoms with van der Waals surface area (Å²) in [5.41, 5.74) is 1.07. The molecule has 1 saturated carbocycles. The van der Waals surface area contributed by atoms with E-state index >= 15 is 0 Å². The Morgan fingerprint density at radius 1 is 1.15 bits per heavy atom. The highest BCUT2D eigenvalue weighted by atomic mass is 16.3. The lowest BCUT2D eigenvalue weighted by Gasteiger charge is -2.35. The number of likely N-dealkylation sites (tertiary alicyclic amines) is 1. The fraction of sp³-hybridized carbons (Fsp3) is 0.562. The molecule has 3 rings (SSSR count). The maximum atomic E-state index is 12.3. The van der Waals surface area contributed by atoms with Crippen molar-refractivity contribution in [3.05, 3.63) is 29.8 Å². The van der Waals surface area contributed by atoms with Crippen LogP contribution in [0.3, 0.4) is 0 Å². The number of aliphatic hydroxyl groups is 1. The second-order valence-electron chi connectivity index (χ2n) is 6.05. The van der Waals surface area contributed by atoms with Gasteiger partial charge in [-0.05, 0) is 37.0 Å². The van der Waals surface area contributed by atoms with Crippen molar-refractivity contribution in [3.8, 4) is 5.75 Å². The molecule has 2 aliphatic rings. The molecule has 1 aliphatic carbocycles. The molecule has 1 aromatic carbocycles. The van der Waals surface area contributed by atoms with Crippen LogP contribution in [0.25, 0.3) is 0 Å². The Labute approximate surface area is 119 Å². The van der Waals surface area contributed by atoms with Crippen LogP contribution in [-0.2, 0) is 11.2 Å². The highest BCUT2D eigenvalue weighted by molar-refractivity contribution is 5.76. The van der Waals surface area contributed by atoms with E-state index in [0.29, 0.717) is 25.9 Å². The van der Waals surface area contributed by atoms with Crippen LogP contribution >= 0.6 is 0 Å². The third kappa shape index (κ3) is 2.66. The molecule has 1 aliphatic heterocycles. The van der Waals surface area contributed by atoms with Gasteiger partial charge in [0.2, 0.25) is 5.91 Å². The molecule has 1 saturated heterocycles. The number of amides is 1. The van der Waals surface area contributed by atoms with Gasteiger partial charge in [0, 0.05) is 31.3 Å². The van der Waals surface area contributed by atoms with Crippen LogP contribution in [0.2, 0.25) is 0 Å². The van der Waals surface area contributed by atoms with Gasteiger partial charge < -0.3 is 15.1 Å². The molecule has 0 spiro atoms. The van der Waals surface area contributed by atoms with Gasteiger partial charge in [-0.25, -0.2) is 0 Å². The first-order valence-corrected chi connectivity index (χ1v) is 7.37. The molecule has 1 unspecified atom stereocenters. The molecule has 1 aromatic rings. The van der Waals surface area contributed by atoms with E-state index in [9.17, 15) is 15.0 Å². The van der Waals surface area contributed by atoms with Crippen LogP contribution in [0.5, 0.6) is 5.75 Å². The number of carbonyl (C=O) groups is 1. The molecule has 0 aromatic heterocycles. The number of phenolic OH excluding ortho intramolecular Hbond substituents is 1. The largest absolute Gasteiger partial charge is 0.508 e. The first kappa shape index (κ1) is 13.4. The third-order valence-corrected chi connectivity index (χ3v) is 4.70. The second kappa shape index (κ2) is 5.44. The van der Waals surface area contributed by atoms with Gasteiger partial charge in [-0.15, -0.1) is 0 Å². The number of aryl methyl sites for hydroxylation is 1. The van der Waals surface area contributed by atoms with E-state index in [1.165, 1.54) is 0 Å². The van der Waals surface area contributed by atoms with Gasteiger partial charge >= 0.3 is 0 Å². The highest BCUT2D eigenvalue weighted by Crippen LogP contribution is 2.36. The first-order chi connectivity index (χ1) is 9.63. The number of phenols is 1. The van der Waals surface area contributed by atoms with Gasteiger partial charge in [0.05, 0.1) is 6.10 Å². The summed E-state index contributed by atoms with van der Waals surface area (Å²) in [6, 6.07) is 7.01. The van der Waals surface area contributed by atoms with Gasteiger partial charge in [0.15, 0.2) is 0 Å². The van der Waals surface area contributed by atoms with Gasteiger partial charge in [0.1, 0.15) is 5.75 Å². The van der Waals surface area contributed by atoms with Gasteiger partial charge in [-0.3, -0.25) is 4.79 Å². The summed E-state index contributed by atoms with van der Waals surface area (Å²) in [7, 11) is 0. The molecular formula is C16H21NO3. The maximum absolute atomic E-state index is 12.3. The van der Waals surface area contributed by atoms with Crippen molar-refractivity contribution in [1.29, 1.82) is 0 Å². The van der Waals surface area contributed by atoms with Crippen molar-refractivity contribution in [2.75, 3.05) is 13.1 Å². The molecule has 20 heavy (non-hydrogen) atoms. The van der Waals surface area contributed by atoms with E-state index < -0.39 is 0 Å². The monoisotopic (exact) mass is 275 g/mol. The summed E-state index contributed by atoms with van der Waals surface area (Å²) in [6.07, 6.45) is 3.10. The van der Waals surface area contributed by atoms with Gasteiger partial charge in [0.25, 0.3) is 0 Å². The highest BCUT2D eigenvalue weighted by Gasteiger charge is 2.41. The Hall–Kier alpha value is -1.55. The topological polar surface area (TPSA) is 60.8 Å². The maximum Gasteiger partial charge on any atom is 0.222 e. The molecule has 1 amide bonds. The normalized spacial score (nSPS) is 28.6. The van der Waals surface area contributed by atoms with Gasteiger partial charge in [-0.2, -0.15) is 0 Å². The Balaban J connectivity index is 1.54. The number of aromatic hydroxyl groups is 1. The van der Waals surface area contributed by atoms with E-state index in [-0.39, 0.29) is 29.6 Å². The predicted molar refractivity (Wildman–Crippen MR) is 75.2 cm³/mol. The van der Waals surface area contributed by atoms with E-state index in [1.54, 1.807) is 12.1 Å². The summed E-state index contributed by atoms with van der Waals surface area (Å²) >= 11 is 0. The van der Waals surface area contributed by atoms with Crippen LogP contribution in [0.4, 0.5) is 0 Å². The minimum Gasteiger partial charge on any atom is -0.508 e. The SMILES string of the molecule is O=C(CCc1ccc(O)cc1)N1C[C@H]2CC[C@@H](C1)C2O. The number of rotatable bonds is 3. The molecule has 2 bridgehead atoms. The summed E-state index contributed by atoms with van der Waals surface area (Å²) in [6.45, 7) is 1.43. The zero-order valence-electron chi connectivity index (χ0n) is 11.5. The first-order valence-electron chi connectivity index (χ1n) is 7.37. The van der Waals surface area contributed by atoms with Gasteiger partial charge in [-0.1, -0.05) is 12.1 Å². The molecular weight excluding hydrogens is 254 g/mol. The Morgan fingerprint density at radius 2 is 1.75 bits per heavy atom. The standard InChI is InChI=1S/C16H21NO3/c18-14-6-1-11(2-7-14)3-8-15(19)17-9-12-4-5-13(10-17)16(12)20/h1-2,6-7,12-13,16,18,20H,3-5,8-10H2/t12-,13+,16?. The summed E-state index contributed by atoms with van der Waals surface area (Å²) < 4.78 is 0. The minimum absolute atomic E-state index is 0.182. The van der Waals surface area contributed by atoms with Crippen molar-refractivity contribution in [2.24, 2.45) is 11.8 Å². The van der Waals surface area contributed by atoms with Crippen LogP contribution in [0.15, 0.2) is 24.3 Å². The molecule has 1 heterocycles. The lowest BCUT2D eigenvalue weighted by atomic mass is 9.94. The third-order valence-electron chi connectivity index (χ3n) is 4.70. The molecule has 4 nitrogen and oxygen atoms in total. The van der Waals surface area contributed by atoms with Crippen molar-refractivity contribution in [2.45, 2.75) is 31.8 Å². The fourth-order valence-corrected chi connectivity index (χ4v) is 3.47. The molecule has 0 radical (unpaired) electrons. The summed E-state index contributed by atoms with van der Waals surface area (Å²) in [4.78, 5) is 14.2. The van der Waals surface area contributed by atoms with E-state index in [0.717, 1.165) is 18.4 Å². The quantitative estimate of drug-likeness (QED) is 0.880. The number of nitrogens with zero attached hydrogens (tertiary/aromatic N) is 1. The van der Waals surface area contributed by atoms with E-state index in [4.69, 9.17) is 0 Å². The van der Waals surface area contributed by atoms with E-state index in [1.807, 2.05) is 17.0 Å². The Kier molecular flexibility index (Phi) is 3.66. The predicted octanol–water partition coefficient (Wildman–Crippen LogP) is 1.55. The number of fused-ring (bicyclic) bond motifs is 2. The number of carbonyl (C=O) groups excluding carboxylic acids is 1. The van der Waals surface area contributed by atoms with E-state index in [2.05, 4.69) is 0 Å². The molecule has 4 heteroatoms. The zero-order valence-corrected chi connectivity index (χ0v) is 11.5. The minimum atomic E-state index is -0.198. The lowest BCUT2D eigenvalue weighted by molar-refractivity contribution is -0.135. The van der Waals surface area contributed by atoms with Crippen LogP contribution in [0, 0.1) is 11.8 Å². The van der Waals surface area contributed by atoms with Crippen molar-refractivity contribution in [3.63, 3.8) is 0 Å². The molecule has 3 atom stereocenters.